The van der Waals surface area contributed by atoms with E-state index in [1.54, 1.807) is 6.07 Å². The second kappa shape index (κ2) is 7.23. The van der Waals surface area contributed by atoms with Crippen LogP contribution in [0.15, 0.2) is 54.7 Å². The topological polar surface area (TPSA) is 16.1 Å². The van der Waals surface area contributed by atoms with Crippen LogP contribution < -0.4 is 4.90 Å². The van der Waals surface area contributed by atoms with Gasteiger partial charge in [0.15, 0.2) is 0 Å². The normalized spacial score (nSPS) is 15.7. The number of fused-ring (bicyclic) bond motifs is 1. The van der Waals surface area contributed by atoms with E-state index in [-0.39, 0.29) is 0 Å². The third-order valence-corrected chi connectivity index (χ3v) is 5.46. The molecule has 0 amide bonds. The number of para-hydroxylation sites is 1. The van der Waals surface area contributed by atoms with Crippen molar-refractivity contribution < 1.29 is 0 Å². The molecule has 128 valence electrons. The second-order valence-electron chi connectivity index (χ2n) is 6.76. The van der Waals surface area contributed by atoms with Crippen molar-refractivity contribution in [1.82, 2.24) is 4.98 Å². The highest BCUT2D eigenvalue weighted by atomic mass is 35.5. The molecule has 1 aliphatic rings. The first-order chi connectivity index (χ1) is 12.2. The molecule has 3 aromatic rings. The predicted octanol–water partition coefficient (Wildman–Crippen LogP) is 6.00. The first kappa shape index (κ1) is 16.7. The molecule has 0 atom stereocenters. The fourth-order valence-corrected chi connectivity index (χ4v) is 4.37. The van der Waals surface area contributed by atoms with E-state index >= 15 is 0 Å². The van der Waals surface area contributed by atoms with Crippen molar-refractivity contribution in [2.45, 2.75) is 19.3 Å². The minimum atomic E-state index is 0.680. The van der Waals surface area contributed by atoms with Crippen molar-refractivity contribution in [3.8, 4) is 0 Å². The van der Waals surface area contributed by atoms with Gasteiger partial charge in [0.25, 0.3) is 0 Å². The Morgan fingerprint density at radius 1 is 0.960 bits per heavy atom. The molecule has 0 bridgehead atoms. The smallest absolute Gasteiger partial charge is 0.0722 e. The Bertz CT molecular complexity index is 860. The average Bonchev–Trinajstić information content (AvgIpc) is 2.61. The van der Waals surface area contributed by atoms with Crippen LogP contribution in [0, 0.1) is 5.92 Å². The van der Waals surface area contributed by atoms with Crippen LogP contribution in [-0.2, 0) is 6.42 Å². The summed E-state index contributed by atoms with van der Waals surface area (Å²) in [5.74, 6) is 0.680. The van der Waals surface area contributed by atoms with Crippen molar-refractivity contribution in [2.75, 3.05) is 18.0 Å². The Hall–Kier alpha value is -1.77. The summed E-state index contributed by atoms with van der Waals surface area (Å²) in [5, 5.41) is 2.69. The number of rotatable bonds is 3. The Kier molecular flexibility index (Phi) is 4.82. The summed E-state index contributed by atoms with van der Waals surface area (Å²) in [5.41, 5.74) is 3.61. The van der Waals surface area contributed by atoms with Crippen LogP contribution in [0.5, 0.6) is 0 Å². The molecule has 4 rings (SSSR count). The molecule has 0 unspecified atom stereocenters. The molecule has 1 aliphatic heterocycles. The van der Waals surface area contributed by atoms with E-state index in [2.05, 4.69) is 34.1 Å². The maximum atomic E-state index is 6.13. The van der Waals surface area contributed by atoms with Crippen molar-refractivity contribution in [2.24, 2.45) is 5.92 Å². The molecule has 0 aliphatic carbocycles. The number of pyridine rings is 1. The summed E-state index contributed by atoms with van der Waals surface area (Å²) in [4.78, 5) is 6.96. The van der Waals surface area contributed by atoms with Gasteiger partial charge in [0.05, 0.1) is 5.52 Å². The predicted molar refractivity (Wildman–Crippen MR) is 107 cm³/mol. The lowest BCUT2D eigenvalue weighted by atomic mass is 9.90. The Morgan fingerprint density at radius 2 is 1.68 bits per heavy atom. The van der Waals surface area contributed by atoms with Gasteiger partial charge in [0.1, 0.15) is 0 Å². The zero-order valence-electron chi connectivity index (χ0n) is 14.0. The standard InChI is InChI=1S/C21H20Cl2N2/c22-17-12-16(13-18(23)14-17)11-15-6-9-25(10-7-15)21-5-8-24-20-4-2-1-3-19(20)21/h1-5,8,12-15H,6-7,9-11H2. The summed E-state index contributed by atoms with van der Waals surface area (Å²) < 4.78 is 0. The van der Waals surface area contributed by atoms with E-state index < -0.39 is 0 Å². The third-order valence-electron chi connectivity index (χ3n) is 5.03. The highest BCUT2D eigenvalue weighted by molar-refractivity contribution is 6.34. The zero-order valence-corrected chi connectivity index (χ0v) is 15.5. The molecule has 2 heterocycles. The van der Waals surface area contributed by atoms with Crippen LogP contribution in [0.25, 0.3) is 10.9 Å². The quantitative estimate of drug-likeness (QED) is 0.561. The maximum Gasteiger partial charge on any atom is 0.0722 e. The molecule has 4 heteroatoms. The number of piperidine rings is 1. The van der Waals surface area contributed by atoms with Crippen LogP contribution in [0.2, 0.25) is 10.0 Å². The molecular weight excluding hydrogens is 351 g/mol. The summed E-state index contributed by atoms with van der Waals surface area (Å²) in [6, 6.07) is 16.4. The van der Waals surface area contributed by atoms with E-state index in [0.29, 0.717) is 5.92 Å². The number of nitrogens with zero attached hydrogens (tertiary/aromatic N) is 2. The average molecular weight is 371 g/mol. The number of aromatic nitrogens is 1. The van der Waals surface area contributed by atoms with Crippen LogP contribution in [0.4, 0.5) is 5.69 Å². The molecule has 0 radical (unpaired) electrons. The van der Waals surface area contributed by atoms with Gasteiger partial charge in [-0.05, 0) is 61.1 Å². The number of benzene rings is 2. The van der Waals surface area contributed by atoms with Crippen LogP contribution in [0.3, 0.4) is 0 Å². The Morgan fingerprint density at radius 3 is 2.44 bits per heavy atom. The molecule has 25 heavy (non-hydrogen) atoms. The molecular formula is C21H20Cl2N2. The minimum Gasteiger partial charge on any atom is -0.371 e. The first-order valence-electron chi connectivity index (χ1n) is 8.73. The lowest BCUT2D eigenvalue weighted by Gasteiger charge is -2.34. The van der Waals surface area contributed by atoms with Gasteiger partial charge >= 0.3 is 0 Å². The first-order valence-corrected chi connectivity index (χ1v) is 9.48. The molecule has 1 aromatic heterocycles. The van der Waals surface area contributed by atoms with Gasteiger partial charge in [-0.2, -0.15) is 0 Å². The molecule has 0 N–H and O–H groups in total. The van der Waals surface area contributed by atoms with Gasteiger partial charge in [-0.1, -0.05) is 41.4 Å². The number of hydrogen-bond acceptors (Lipinski definition) is 2. The third kappa shape index (κ3) is 3.75. The molecule has 0 spiro atoms. The van der Waals surface area contributed by atoms with Gasteiger partial charge in [0, 0.05) is 40.4 Å². The Balaban J connectivity index is 1.46. The molecule has 1 saturated heterocycles. The SMILES string of the molecule is Clc1cc(Cl)cc(CC2CCN(c3ccnc4ccccc34)CC2)c1. The van der Waals surface area contributed by atoms with Crippen molar-refractivity contribution in [1.29, 1.82) is 0 Å². The van der Waals surface area contributed by atoms with Gasteiger partial charge in [-0.15, -0.1) is 0 Å². The van der Waals surface area contributed by atoms with Gasteiger partial charge in [0.2, 0.25) is 0 Å². The summed E-state index contributed by atoms with van der Waals surface area (Å²) in [6.07, 6.45) is 5.32. The molecule has 1 fully saturated rings. The summed E-state index contributed by atoms with van der Waals surface area (Å²) in [7, 11) is 0. The highest BCUT2D eigenvalue weighted by Gasteiger charge is 2.21. The van der Waals surface area contributed by atoms with E-state index in [1.165, 1.54) is 29.5 Å². The van der Waals surface area contributed by atoms with E-state index in [9.17, 15) is 0 Å². The van der Waals surface area contributed by atoms with E-state index in [0.717, 1.165) is 35.1 Å². The number of hydrogen-bond donors (Lipinski definition) is 0. The summed E-state index contributed by atoms with van der Waals surface area (Å²) >= 11 is 12.3. The number of anilines is 1. The molecule has 0 saturated carbocycles. The van der Waals surface area contributed by atoms with E-state index in [4.69, 9.17) is 23.2 Å². The monoisotopic (exact) mass is 370 g/mol. The maximum absolute atomic E-state index is 6.13. The molecule has 2 nitrogen and oxygen atoms in total. The minimum absolute atomic E-state index is 0.680. The zero-order chi connectivity index (χ0) is 17.2. The van der Waals surface area contributed by atoms with Crippen LogP contribution in [0.1, 0.15) is 18.4 Å². The lowest BCUT2D eigenvalue weighted by molar-refractivity contribution is 0.404. The van der Waals surface area contributed by atoms with Gasteiger partial charge < -0.3 is 4.90 Å². The van der Waals surface area contributed by atoms with Crippen molar-refractivity contribution in [3.05, 3.63) is 70.3 Å². The number of halogens is 2. The van der Waals surface area contributed by atoms with Crippen molar-refractivity contribution >= 4 is 39.8 Å². The van der Waals surface area contributed by atoms with Crippen LogP contribution in [-0.4, -0.2) is 18.1 Å². The van der Waals surface area contributed by atoms with Crippen molar-refractivity contribution in [3.63, 3.8) is 0 Å². The van der Waals surface area contributed by atoms with Gasteiger partial charge in [-0.25, -0.2) is 0 Å². The van der Waals surface area contributed by atoms with Gasteiger partial charge in [-0.3, -0.25) is 4.98 Å². The van der Waals surface area contributed by atoms with Crippen LogP contribution >= 0.6 is 23.2 Å². The second-order valence-corrected chi connectivity index (χ2v) is 7.63. The molecule has 2 aromatic carbocycles. The fraction of sp³-hybridized carbons (Fsp3) is 0.286. The lowest BCUT2D eigenvalue weighted by Crippen LogP contribution is -2.34. The summed E-state index contributed by atoms with van der Waals surface area (Å²) in [6.45, 7) is 2.15. The Labute approximate surface area is 158 Å². The largest absolute Gasteiger partial charge is 0.371 e. The highest BCUT2D eigenvalue weighted by Crippen LogP contribution is 2.31. The fourth-order valence-electron chi connectivity index (χ4n) is 3.80. The van der Waals surface area contributed by atoms with E-state index in [1.807, 2.05) is 24.4 Å².